The Balaban J connectivity index is 1.77. The van der Waals surface area contributed by atoms with Gasteiger partial charge in [0.15, 0.2) is 5.92 Å². The Labute approximate surface area is 292 Å². The van der Waals surface area contributed by atoms with Crippen LogP contribution in [0.1, 0.15) is 115 Å². The molecule has 2 aliphatic carbocycles. The molecule has 2 rings (SSSR count). The highest BCUT2D eigenvalue weighted by Gasteiger charge is 2.27. The fraction of sp³-hybridized carbons (Fsp3) is 0.500. The summed E-state index contributed by atoms with van der Waals surface area (Å²) in [6, 6.07) is 0. The van der Waals surface area contributed by atoms with E-state index in [4.69, 9.17) is 9.47 Å². The lowest BCUT2D eigenvalue weighted by Crippen LogP contribution is -2.25. The average Bonchev–Trinajstić information content (AvgIpc) is 2.99. The van der Waals surface area contributed by atoms with Gasteiger partial charge in [-0.05, 0) is 121 Å². The number of allylic oxidation sites excluding steroid dienone is 18. The predicted molar refractivity (Wildman–Crippen MR) is 203 cm³/mol. The van der Waals surface area contributed by atoms with E-state index in [0.717, 1.165) is 11.1 Å². The Morgan fingerprint density at radius 2 is 1.02 bits per heavy atom. The molecule has 0 radical (unpaired) electrons. The van der Waals surface area contributed by atoms with Crippen molar-refractivity contribution in [2.24, 2.45) is 16.7 Å². The van der Waals surface area contributed by atoms with Gasteiger partial charge in [-0.25, -0.2) is 0 Å². The fourth-order valence-electron chi connectivity index (χ4n) is 6.26. The SMILES string of the molecule is CC1=C(/C=C/C(C)=C/C=C/C(C)=C/COC(=O)C(C)C(=O)OC/C=C(C)/C=C/C=C(C)/C=C/C2=C(C)CCCC2(C)C)C(C)(C)CCC1. The molecule has 262 valence electrons. The van der Waals surface area contributed by atoms with Crippen molar-refractivity contribution in [1.82, 2.24) is 0 Å². The topological polar surface area (TPSA) is 52.6 Å². The summed E-state index contributed by atoms with van der Waals surface area (Å²) in [5.41, 5.74) is 10.6. The number of hydrogen-bond donors (Lipinski definition) is 0. The van der Waals surface area contributed by atoms with Crippen molar-refractivity contribution in [3.8, 4) is 0 Å². The third-order valence-electron chi connectivity index (χ3n) is 9.52. The monoisotopic (exact) mass is 654 g/mol. The van der Waals surface area contributed by atoms with Crippen LogP contribution >= 0.6 is 0 Å². The zero-order valence-corrected chi connectivity index (χ0v) is 31.8. The summed E-state index contributed by atoms with van der Waals surface area (Å²) in [7, 11) is 0. The van der Waals surface area contributed by atoms with Gasteiger partial charge in [-0.15, -0.1) is 0 Å². The van der Waals surface area contributed by atoms with Crippen LogP contribution in [0.4, 0.5) is 0 Å². The van der Waals surface area contributed by atoms with Gasteiger partial charge in [0.25, 0.3) is 0 Å². The molecule has 0 saturated heterocycles. The summed E-state index contributed by atoms with van der Waals surface area (Å²) in [4.78, 5) is 24.8. The van der Waals surface area contributed by atoms with Gasteiger partial charge in [0.2, 0.25) is 0 Å². The van der Waals surface area contributed by atoms with E-state index in [1.165, 1.54) is 78.9 Å². The van der Waals surface area contributed by atoms with Crippen LogP contribution in [-0.2, 0) is 19.1 Å². The average molecular weight is 655 g/mol. The van der Waals surface area contributed by atoms with E-state index in [-0.39, 0.29) is 24.0 Å². The van der Waals surface area contributed by atoms with Crippen LogP contribution in [0.2, 0.25) is 0 Å². The van der Waals surface area contributed by atoms with E-state index in [1.807, 2.05) is 50.3 Å². The Morgan fingerprint density at radius 3 is 1.38 bits per heavy atom. The highest BCUT2D eigenvalue weighted by molar-refractivity contribution is 5.94. The summed E-state index contributed by atoms with van der Waals surface area (Å²) >= 11 is 0. The molecule has 0 atom stereocenters. The van der Waals surface area contributed by atoms with Gasteiger partial charge in [-0.1, -0.05) is 122 Å². The zero-order valence-electron chi connectivity index (χ0n) is 31.8. The minimum absolute atomic E-state index is 0.0959. The first-order valence-corrected chi connectivity index (χ1v) is 17.7. The molecule has 4 nitrogen and oxygen atoms in total. The smallest absolute Gasteiger partial charge is 0.320 e. The van der Waals surface area contributed by atoms with Crippen molar-refractivity contribution < 1.29 is 19.1 Å². The molecule has 0 aromatic heterocycles. The Morgan fingerprint density at radius 1 is 0.646 bits per heavy atom. The van der Waals surface area contributed by atoms with Gasteiger partial charge < -0.3 is 9.47 Å². The minimum atomic E-state index is -0.992. The zero-order chi connectivity index (χ0) is 35.9. The second kappa shape index (κ2) is 19.4. The number of rotatable bonds is 14. The van der Waals surface area contributed by atoms with E-state index in [0.29, 0.717) is 0 Å². The van der Waals surface area contributed by atoms with Crippen LogP contribution in [0.5, 0.6) is 0 Å². The van der Waals surface area contributed by atoms with Crippen molar-refractivity contribution in [3.05, 3.63) is 117 Å². The molecule has 0 bridgehead atoms. The predicted octanol–water partition coefficient (Wildman–Crippen LogP) is 11.8. The van der Waals surface area contributed by atoms with E-state index < -0.39 is 17.9 Å². The maximum atomic E-state index is 12.4. The summed E-state index contributed by atoms with van der Waals surface area (Å²) in [5.74, 6) is -2.18. The molecular weight excluding hydrogens is 592 g/mol. The van der Waals surface area contributed by atoms with Crippen molar-refractivity contribution in [3.63, 3.8) is 0 Å². The van der Waals surface area contributed by atoms with E-state index >= 15 is 0 Å². The molecule has 0 N–H and O–H groups in total. The van der Waals surface area contributed by atoms with Crippen molar-refractivity contribution >= 4 is 11.9 Å². The van der Waals surface area contributed by atoms with Gasteiger partial charge in [0, 0.05) is 0 Å². The number of carbonyl (C=O) groups is 2. The molecule has 0 aliphatic heterocycles. The van der Waals surface area contributed by atoms with Gasteiger partial charge in [-0.2, -0.15) is 0 Å². The van der Waals surface area contributed by atoms with Crippen LogP contribution in [-0.4, -0.2) is 25.2 Å². The van der Waals surface area contributed by atoms with Gasteiger partial charge in [0.05, 0.1) is 0 Å². The summed E-state index contributed by atoms with van der Waals surface area (Å²) in [6.07, 6.45) is 32.0. The second-order valence-corrected chi connectivity index (χ2v) is 14.9. The molecule has 0 saturated carbocycles. The largest absolute Gasteiger partial charge is 0.461 e. The molecule has 4 heteroatoms. The summed E-state index contributed by atoms with van der Waals surface area (Å²) < 4.78 is 10.6. The Hall–Kier alpha value is -3.66. The normalized spacial score (nSPS) is 20.5. The van der Waals surface area contributed by atoms with Crippen LogP contribution in [0.3, 0.4) is 0 Å². The highest BCUT2D eigenvalue weighted by atomic mass is 16.6. The molecule has 0 spiro atoms. The molecule has 0 aromatic rings. The van der Waals surface area contributed by atoms with Crippen LogP contribution in [0.25, 0.3) is 0 Å². The molecule has 0 heterocycles. The molecular formula is C44H62O4. The van der Waals surface area contributed by atoms with E-state index in [2.05, 4.69) is 91.8 Å². The van der Waals surface area contributed by atoms with Gasteiger partial charge >= 0.3 is 11.9 Å². The standard InChI is InChI=1S/C44H62O4/c1-32(22-24-39-36(5)20-14-28-43(39,8)9)16-12-18-34(3)26-30-47-41(45)38(7)42(46)48-31-27-35(4)19-13-17-33(2)23-25-40-37(6)21-15-29-44(40,10)11/h12-13,16-19,22-27,38H,14-15,20-21,28-31H2,1-11H3/b18-12+,19-13+,24-22+,25-23+,32-16+,33-17+,34-26+,35-27+. The fourth-order valence-corrected chi connectivity index (χ4v) is 6.26. The quantitative estimate of drug-likeness (QED) is 0.106. The maximum absolute atomic E-state index is 12.4. The van der Waals surface area contributed by atoms with Crippen molar-refractivity contribution in [2.75, 3.05) is 13.2 Å². The minimum Gasteiger partial charge on any atom is -0.461 e. The maximum Gasteiger partial charge on any atom is 0.320 e. The van der Waals surface area contributed by atoms with E-state index in [1.54, 1.807) is 0 Å². The number of carbonyl (C=O) groups excluding carboxylic acids is 2. The molecule has 0 aromatic carbocycles. The first kappa shape index (κ1) is 40.5. The van der Waals surface area contributed by atoms with Crippen LogP contribution in [0, 0.1) is 16.7 Å². The molecule has 0 unspecified atom stereocenters. The molecule has 48 heavy (non-hydrogen) atoms. The van der Waals surface area contributed by atoms with Crippen molar-refractivity contribution in [2.45, 2.75) is 115 Å². The van der Waals surface area contributed by atoms with Crippen LogP contribution in [0.15, 0.2) is 117 Å². The second-order valence-electron chi connectivity index (χ2n) is 14.9. The van der Waals surface area contributed by atoms with Gasteiger partial charge in [-0.3, -0.25) is 9.59 Å². The number of esters is 2. The Kier molecular flexibility index (Phi) is 16.3. The number of ether oxygens (including phenoxy) is 2. The lowest BCUT2D eigenvalue weighted by atomic mass is 9.72. The third-order valence-corrected chi connectivity index (χ3v) is 9.52. The lowest BCUT2D eigenvalue weighted by Gasteiger charge is -2.33. The number of hydrogen-bond acceptors (Lipinski definition) is 4. The lowest BCUT2D eigenvalue weighted by molar-refractivity contribution is -0.159. The third kappa shape index (κ3) is 13.8. The summed E-state index contributed by atoms with van der Waals surface area (Å²) in [5, 5.41) is 0. The Bertz CT molecular complexity index is 1350. The highest BCUT2D eigenvalue weighted by Crippen LogP contribution is 2.41. The van der Waals surface area contributed by atoms with Gasteiger partial charge in [0.1, 0.15) is 13.2 Å². The van der Waals surface area contributed by atoms with Crippen LogP contribution < -0.4 is 0 Å². The first-order chi connectivity index (χ1) is 22.5. The molecule has 0 fully saturated rings. The summed E-state index contributed by atoms with van der Waals surface area (Å²) in [6.45, 7) is 23.6. The first-order valence-electron chi connectivity index (χ1n) is 17.7. The molecule has 2 aliphatic rings. The van der Waals surface area contributed by atoms with E-state index in [9.17, 15) is 9.59 Å². The molecule has 0 amide bonds. The van der Waals surface area contributed by atoms with Crippen molar-refractivity contribution in [1.29, 1.82) is 0 Å².